The molecule has 3 aromatic rings. The summed E-state index contributed by atoms with van der Waals surface area (Å²) in [6, 6.07) is 7.59. The molecule has 0 bridgehead atoms. The van der Waals surface area contributed by atoms with Crippen LogP contribution in [0.5, 0.6) is 11.5 Å². The van der Waals surface area contributed by atoms with Crippen LogP contribution < -0.4 is 14.9 Å². The average Bonchev–Trinajstić information content (AvgIpc) is 3.37. The van der Waals surface area contributed by atoms with Crippen LogP contribution in [-0.2, 0) is 9.84 Å². The topological polar surface area (TPSA) is 103 Å². The summed E-state index contributed by atoms with van der Waals surface area (Å²) in [7, 11) is -3.30. The third kappa shape index (κ3) is 5.04. The maximum atomic E-state index is 14.0. The number of carbonyl (C=O) groups is 1. The Hall–Kier alpha value is -3.33. The normalized spacial score (nSPS) is 20.2. The van der Waals surface area contributed by atoms with Gasteiger partial charge in [-0.05, 0) is 80.5 Å². The molecule has 39 heavy (non-hydrogen) atoms. The van der Waals surface area contributed by atoms with E-state index in [4.69, 9.17) is 13.9 Å². The van der Waals surface area contributed by atoms with Crippen LogP contribution in [0.15, 0.2) is 39.5 Å². The lowest BCUT2D eigenvalue weighted by Gasteiger charge is -2.30. The molecule has 1 fully saturated rings. The molecule has 0 spiro atoms. The first-order chi connectivity index (χ1) is 18.5. The molecule has 1 aromatic heterocycles. The average molecular weight is 554 g/mol. The van der Waals surface area contributed by atoms with Crippen LogP contribution in [0.3, 0.4) is 0 Å². The van der Waals surface area contributed by atoms with Gasteiger partial charge in [-0.1, -0.05) is 19.9 Å². The Morgan fingerprint density at radius 2 is 1.79 bits per heavy atom. The third-order valence-electron chi connectivity index (χ3n) is 7.66. The van der Waals surface area contributed by atoms with E-state index in [0.717, 1.165) is 17.5 Å². The summed E-state index contributed by atoms with van der Waals surface area (Å²) in [6.07, 6.45) is 1.19. The van der Waals surface area contributed by atoms with Gasteiger partial charge < -0.3 is 18.8 Å². The molecule has 0 saturated carbocycles. The molecule has 0 N–H and O–H groups in total. The molecule has 2 aliphatic heterocycles. The number of hydrogen-bond donors (Lipinski definition) is 0. The van der Waals surface area contributed by atoms with E-state index in [1.807, 2.05) is 26.8 Å². The van der Waals surface area contributed by atoms with E-state index in [2.05, 4.69) is 13.8 Å². The Morgan fingerprint density at radius 3 is 2.46 bits per heavy atom. The Morgan fingerprint density at radius 1 is 1.05 bits per heavy atom. The van der Waals surface area contributed by atoms with Crippen LogP contribution in [0, 0.1) is 19.8 Å². The van der Waals surface area contributed by atoms with Gasteiger partial charge in [-0.3, -0.25) is 9.59 Å². The minimum Gasteiger partial charge on any atom is -0.490 e. The highest BCUT2D eigenvalue weighted by Crippen LogP contribution is 2.43. The first-order valence-corrected chi connectivity index (χ1v) is 15.3. The molecule has 9 heteroatoms. The summed E-state index contributed by atoms with van der Waals surface area (Å²) in [6.45, 7) is 10.9. The van der Waals surface area contributed by atoms with Crippen molar-refractivity contribution in [2.75, 3.05) is 24.7 Å². The number of aryl methyl sites for hydroxylation is 2. The number of carbonyl (C=O) groups excluding carboxylic acids is 1. The van der Waals surface area contributed by atoms with Crippen LogP contribution >= 0.6 is 0 Å². The summed E-state index contributed by atoms with van der Waals surface area (Å²) in [4.78, 5) is 29.4. The highest BCUT2D eigenvalue weighted by atomic mass is 32.2. The minimum atomic E-state index is -3.30. The Balaban J connectivity index is 1.67. The lowest BCUT2D eigenvalue weighted by Crippen LogP contribution is -2.40. The van der Waals surface area contributed by atoms with Crippen LogP contribution in [0.2, 0.25) is 0 Å². The molecule has 1 saturated heterocycles. The molecule has 0 radical (unpaired) electrons. The number of ether oxygens (including phenoxy) is 2. The van der Waals surface area contributed by atoms with Crippen molar-refractivity contribution in [2.45, 2.75) is 59.5 Å². The van der Waals surface area contributed by atoms with Gasteiger partial charge in [0.15, 0.2) is 26.8 Å². The Bertz CT molecular complexity index is 1610. The van der Waals surface area contributed by atoms with Crippen LogP contribution in [0.25, 0.3) is 11.0 Å². The fraction of sp³-hybridized carbons (Fsp3) is 0.467. The SMILES string of the molecule is CCOc1cc(C2c3c(oc4cc(C)c(C)cc4c3=O)C(=O)N2C2CCS(=O)(=O)C2)ccc1OCCC(C)C. The first-order valence-electron chi connectivity index (χ1n) is 13.5. The van der Waals surface area contributed by atoms with E-state index >= 15 is 0 Å². The van der Waals surface area contributed by atoms with Gasteiger partial charge >= 0.3 is 0 Å². The van der Waals surface area contributed by atoms with Crippen molar-refractivity contribution in [3.05, 3.63) is 68.6 Å². The minimum absolute atomic E-state index is 0.000916. The predicted octanol–water partition coefficient (Wildman–Crippen LogP) is 4.97. The van der Waals surface area contributed by atoms with Crippen LogP contribution in [0.1, 0.15) is 72.5 Å². The first kappa shape index (κ1) is 27.2. The van der Waals surface area contributed by atoms with Crippen molar-refractivity contribution >= 4 is 26.7 Å². The maximum Gasteiger partial charge on any atom is 0.291 e. The number of sulfone groups is 1. The number of rotatable bonds is 8. The molecular weight excluding hydrogens is 518 g/mol. The molecule has 208 valence electrons. The van der Waals surface area contributed by atoms with E-state index in [0.29, 0.717) is 53.6 Å². The van der Waals surface area contributed by atoms with Crippen molar-refractivity contribution in [1.82, 2.24) is 4.90 Å². The Labute approximate surface area is 228 Å². The van der Waals surface area contributed by atoms with Crippen LogP contribution in [0.4, 0.5) is 0 Å². The highest BCUT2D eigenvalue weighted by molar-refractivity contribution is 7.91. The van der Waals surface area contributed by atoms with Gasteiger partial charge in [0.1, 0.15) is 5.58 Å². The molecule has 2 aliphatic rings. The van der Waals surface area contributed by atoms with Crippen molar-refractivity contribution in [1.29, 1.82) is 0 Å². The van der Waals surface area contributed by atoms with Gasteiger partial charge in [-0.2, -0.15) is 0 Å². The summed E-state index contributed by atoms with van der Waals surface area (Å²) in [5.41, 5.74) is 2.82. The lowest BCUT2D eigenvalue weighted by molar-refractivity contribution is 0.0662. The predicted molar refractivity (Wildman–Crippen MR) is 150 cm³/mol. The van der Waals surface area contributed by atoms with E-state index in [-0.39, 0.29) is 28.3 Å². The molecule has 3 heterocycles. The van der Waals surface area contributed by atoms with Crippen LogP contribution in [-0.4, -0.2) is 50.0 Å². The smallest absolute Gasteiger partial charge is 0.291 e. The number of benzene rings is 2. The van der Waals surface area contributed by atoms with Gasteiger partial charge in [0.25, 0.3) is 5.91 Å². The van der Waals surface area contributed by atoms with Gasteiger partial charge in [-0.15, -0.1) is 0 Å². The summed E-state index contributed by atoms with van der Waals surface area (Å²) >= 11 is 0. The molecule has 8 nitrogen and oxygen atoms in total. The maximum absolute atomic E-state index is 14.0. The van der Waals surface area contributed by atoms with Crippen molar-refractivity contribution < 1.29 is 27.1 Å². The van der Waals surface area contributed by atoms with Gasteiger partial charge in [0.2, 0.25) is 5.76 Å². The van der Waals surface area contributed by atoms with Crippen molar-refractivity contribution in [3.8, 4) is 11.5 Å². The van der Waals surface area contributed by atoms with E-state index in [9.17, 15) is 18.0 Å². The zero-order valence-corrected chi connectivity index (χ0v) is 23.9. The highest BCUT2D eigenvalue weighted by Gasteiger charge is 2.48. The summed E-state index contributed by atoms with van der Waals surface area (Å²) in [5, 5.41) is 0.397. The molecule has 0 aliphatic carbocycles. The number of fused-ring (bicyclic) bond motifs is 2. The molecule has 5 rings (SSSR count). The standard InChI is InChI=1S/C30H35NO7S/c1-6-36-25-15-20(7-8-23(25)37-11-9-17(2)3)27-26-28(32)22-13-18(4)19(5)14-24(22)38-29(26)30(33)31(27)21-10-12-39(34,35)16-21/h7-8,13-15,17,21,27H,6,9-12,16H2,1-5H3. The lowest BCUT2D eigenvalue weighted by atomic mass is 9.96. The van der Waals surface area contributed by atoms with Crippen molar-refractivity contribution in [3.63, 3.8) is 0 Å². The molecule has 2 aromatic carbocycles. The second-order valence-corrected chi connectivity index (χ2v) is 13.2. The molecule has 2 atom stereocenters. The molecular formula is C30H35NO7S. The number of hydrogen-bond acceptors (Lipinski definition) is 7. The van der Waals surface area contributed by atoms with E-state index in [1.165, 1.54) is 4.90 Å². The monoisotopic (exact) mass is 553 g/mol. The number of nitrogens with zero attached hydrogens (tertiary/aromatic N) is 1. The fourth-order valence-corrected chi connectivity index (χ4v) is 7.14. The van der Waals surface area contributed by atoms with E-state index in [1.54, 1.807) is 24.3 Å². The van der Waals surface area contributed by atoms with E-state index < -0.39 is 27.8 Å². The fourth-order valence-electron chi connectivity index (χ4n) is 5.43. The summed E-state index contributed by atoms with van der Waals surface area (Å²) in [5.74, 6) is 0.930. The quantitative estimate of drug-likeness (QED) is 0.388. The third-order valence-corrected chi connectivity index (χ3v) is 9.41. The van der Waals surface area contributed by atoms with Gasteiger partial charge in [0, 0.05) is 6.04 Å². The molecule has 2 unspecified atom stereocenters. The largest absolute Gasteiger partial charge is 0.490 e. The zero-order valence-electron chi connectivity index (χ0n) is 23.1. The summed E-state index contributed by atoms with van der Waals surface area (Å²) < 4.78 is 42.9. The van der Waals surface area contributed by atoms with Gasteiger partial charge in [-0.25, -0.2) is 8.42 Å². The zero-order chi connectivity index (χ0) is 28.1. The Kier molecular flexibility index (Phi) is 7.22. The number of amides is 1. The van der Waals surface area contributed by atoms with Crippen molar-refractivity contribution in [2.24, 2.45) is 5.92 Å². The molecule has 1 amide bonds. The second kappa shape index (κ2) is 10.3. The van der Waals surface area contributed by atoms with Gasteiger partial charge in [0.05, 0.1) is 41.7 Å². The second-order valence-electron chi connectivity index (χ2n) is 10.9.